The van der Waals surface area contributed by atoms with Gasteiger partial charge in [-0.25, -0.2) is 14.5 Å². The highest BCUT2D eigenvalue weighted by Crippen LogP contribution is 2.47. The van der Waals surface area contributed by atoms with E-state index in [1.165, 1.54) is 37.0 Å². The molecule has 1 aliphatic heterocycles. The molecule has 1 saturated carbocycles. The highest BCUT2D eigenvalue weighted by molar-refractivity contribution is 5.97. The Morgan fingerprint density at radius 3 is 2.10 bits per heavy atom. The number of benzene rings is 2. The number of carbonyl (C=O) groups is 2. The second-order valence-corrected chi connectivity index (χ2v) is 10.8. The molecule has 0 bridgehead atoms. The Morgan fingerprint density at radius 2 is 1.49 bits per heavy atom. The minimum absolute atomic E-state index is 0.0762. The number of nitrogens with two attached hydrogens (primary N) is 1. The van der Waals surface area contributed by atoms with Crippen LogP contribution in [0.5, 0.6) is 0 Å². The minimum atomic E-state index is -0.839. The minimum Gasteiger partial charge on any atom is -0.444 e. The van der Waals surface area contributed by atoms with Crippen LogP contribution in [0, 0.1) is 11.3 Å². The molecule has 8 nitrogen and oxygen atoms in total. The fourth-order valence-corrected chi connectivity index (χ4v) is 6.09. The first-order valence-electron chi connectivity index (χ1n) is 14.3. The normalized spacial score (nSPS) is 17.8. The molecule has 2 amide bonds. The maximum absolute atomic E-state index is 13.2. The van der Waals surface area contributed by atoms with Crippen molar-refractivity contribution >= 4 is 18.1 Å². The van der Waals surface area contributed by atoms with Gasteiger partial charge in [-0.2, -0.15) is 0 Å². The lowest BCUT2D eigenvalue weighted by Gasteiger charge is -2.46. The topological polar surface area (TPSA) is 106 Å². The van der Waals surface area contributed by atoms with Gasteiger partial charge in [0.15, 0.2) is 0 Å². The molecule has 1 heterocycles. The first-order valence-corrected chi connectivity index (χ1v) is 14.3. The van der Waals surface area contributed by atoms with Crippen LogP contribution in [0.25, 0.3) is 0 Å². The van der Waals surface area contributed by atoms with Gasteiger partial charge in [-0.15, -0.1) is 4.99 Å². The summed E-state index contributed by atoms with van der Waals surface area (Å²) >= 11 is 0. The van der Waals surface area contributed by atoms with Gasteiger partial charge in [0.1, 0.15) is 13.2 Å². The Balaban J connectivity index is 1.41. The molecular formula is C31H42N4O4. The predicted octanol–water partition coefficient (Wildman–Crippen LogP) is 6.01. The number of rotatable bonds is 9. The van der Waals surface area contributed by atoms with Crippen molar-refractivity contribution in [1.82, 2.24) is 10.2 Å². The molecule has 3 N–H and O–H groups in total. The van der Waals surface area contributed by atoms with Crippen molar-refractivity contribution < 1.29 is 19.1 Å². The number of nitrogens with one attached hydrogen (secondary N) is 1. The summed E-state index contributed by atoms with van der Waals surface area (Å²) in [4.78, 5) is 30.8. The lowest BCUT2D eigenvalue weighted by atomic mass is 9.62. The van der Waals surface area contributed by atoms with Crippen molar-refractivity contribution in [2.24, 2.45) is 22.1 Å². The number of ether oxygens (including phenoxy) is 2. The Morgan fingerprint density at radius 1 is 0.897 bits per heavy atom. The van der Waals surface area contributed by atoms with Crippen molar-refractivity contribution in [1.29, 1.82) is 0 Å². The summed E-state index contributed by atoms with van der Waals surface area (Å²) in [6, 6.07) is 18.8. The molecule has 2 aromatic rings. The summed E-state index contributed by atoms with van der Waals surface area (Å²) < 4.78 is 10.8. The average Bonchev–Trinajstić information content (AvgIpc) is 2.99. The van der Waals surface area contributed by atoms with E-state index in [1.807, 2.05) is 60.7 Å². The van der Waals surface area contributed by atoms with Gasteiger partial charge in [-0.3, -0.25) is 0 Å². The van der Waals surface area contributed by atoms with Crippen molar-refractivity contribution in [3.8, 4) is 0 Å². The van der Waals surface area contributed by atoms with E-state index in [9.17, 15) is 9.59 Å². The van der Waals surface area contributed by atoms with Crippen LogP contribution < -0.4 is 11.1 Å². The zero-order chi connectivity index (χ0) is 27.3. The Labute approximate surface area is 232 Å². The highest BCUT2D eigenvalue weighted by Gasteiger charge is 2.39. The number of carbonyl (C=O) groups excluding carboxylic acids is 2. The van der Waals surface area contributed by atoms with Crippen molar-refractivity contribution in [2.75, 3.05) is 19.6 Å². The maximum Gasteiger partial charge on any atom is 0.437 e. The summed E-state index contributed by atoms with van der Waals surface area (Å²) in [7, 11) is 0. The molecule has 2 fully saturated rings. The van der Waals surface area contributed by atoms with E-state index in [0.717, 1.165) is 55.8 Å². The molecule has 2 aliphatic rings. The average molecular weight is 535 g/mol. The Bertz CT molecular complexity index is 1060. The highest BCUT2D eigenvalue weighted by atomic mass is 16.6. The summed E-state index contributed by atoms with van der Waals surface area (Å²) in [5.74, 6) is 0.522. The fourth-order valence-electron chi connectivity index (χ4n) is 6.09. The van der Waals surface area contributed by atoms with Gasteiger partial charge in [0.05, 0.1) is 0 Å². The van der Waals surface area contributed by atoms with E-state index in [2.05, 4.69) is 10.3 Å². The molecule has 0 radical (unpaired) electrons. The van der Waals surface area contributed by atoms with Crippen LogP contribution in [-0.2, 0) is 22.7 Å². The summed E-state index contributed by atoms with van der Waals surface area (Å²) in [6.45, 7) is 2.59. The molecule has 39 heavy (non-hydrogen) atoms. The molecule has 4 rings (SSSR count). The van der Waals surface area contributed by atoms with Crippen LogP contribution in [0.2, 0.25) is 0 Å². The van der Waals surface area contributed by atoms with Crippen LogP contribution in [0.3, 0.4) is 0 Å². The van der Waals surface area contributed by atoms with Crippen LogP contribution in [0.4, 0.5) is 9.59 Å². The summed E-state index contributed by atoms with van der Waals surface area (Å²) in [5, 5.41) is 3.52. The van der Waals surface area contributed by atoms with Gasteiger partial charge in [0.2, 0.25) is 5.96 Å². The number of amides is 2. The largest absolute Gasteiger partial charge is 0.444 e. The van der Waals surface area contributed by atoms with Crippen LogP contribution in [0.15, 0.2) is 65.7 Å². The third-order valence-corrected chi connectivity index (χ3v) is 8.24. The molecule has 0 atom stereocenters. The molecule has 210 valence electrons. The molecule has 2 aromatic carbocycles. The van der Waals surface area contributed by atoms with E-state index in [4.69, 9.17) is 15.2 Å². The maximum atomic E-state index is 13.2. The third-order valence-electron chi connectivity index (χ3n) is 8.24. The number of piperidine rings is 1. The number of guanidine groups is 1. The fraction of sp³-hybridized carbons (Fsp3) is 0.516. The molecular weight excluding hydrogens is 492 g/mol. The Hall–Kier alpha value is -3.39. The zero-order valence-corrected chi connectivity index (χ0v) is 22.9. The lowest BCUT2D eigenvalue weighted by Crippen LogP contribution is -2.45. The second kappa shape index (κ2) is 14.7. The Kier molecular flexibility index (Phi) is 10.8. The smallest absolute Gasteiger partial charge is 0.437 e. The van der Waals surface area contributed by atoms with E-state index in [-0.39, 0.29) is 24.6 Å². The van der Waals surface area contributed by atoms with Crippen LogP contribution in [-0.4, -0.2) is 42.7 Å². The van der Waals surface area contributed by atoms with E-state index in [0.29, 0.717) is 6.54 Å². The molecule has 0 spiro atoms. The van der Waals surface area contributed by atoms with Gasteiger partial charge in [-0.05, 0) is 74.1 Å². The third kappa shape index (κ3) is 8.55. The van der Waals surface area contributed by atoms with Crippen molar-refractivity contribution in [3.63, 3.8) is 0 Å². The molecule has 1 aliphatic carbocycles. The molecule has 0 unspecified atom stereocenters. The second-order valence-electron chi connectivity index (χ2n) is 10.8. The van der Waals surface area contributed by atoms with Crippen LogP contribution >= 0.6 is 0 Å². The van der Waals surface area contributed by atoms with Gasteiger partial charge < -0.3 is 20.5 Å². The summed E-state index contributed by atoms with van der Waals surface area (Å²) in [6.07, 6.45) is 9.16. The van der Waals surface area contributed by atoms with Crippen molar-refractivity contribution in [3.05, 3.63) is 71.8 Å². The predicted molar refractivity (Wildman–Crippen MR) is 152 cm³/mol. The van der Waals surface area contributed by atoms with Gasteiger partial charge in [-0.1, -0.05) is 79.9 Å². The molecule has 8 heteroatoms. The quantitative estimate of drug-likeness (QED) is 0.302. The first kappa shape index (κ1) is 28.6. The molecule has 0 aromatic heterocycles. The standard InChI is InChI=1S/C31H42N4O4/c32-28(34-29(36)38-23-25-11-4-1-5-12-25)35(30(37)39-24-26-13-6-2-7-14-26)22-10-17-31(18-20-33-21-19-31)27-15-8-3-9-16-27/h1-2,4-7,11-14,27,33H,3,8-10,15-24H2,(H2,32,34,36). The van der Waals surface area contributed by atoms with Gasteiger partial charge >= 0.3 is 12.2 Å². The number of aliphatic imine (C=N–C) groups is 1. The molecule has 1 saturated heterocycles. The summed E-state index contributed by atoms with van der Waals surface area (Å²) in [5.41, 5.74) is 8.21. The van der Waals surface area contributed by atoms with Crippen molar-refractivity contribution in [2.45, 2.75) is 71.0 Å². The number of nitrogens with zero attached hydrogens (tertiary/aromatic N) is 2. The van der Waals surface area contributed by atoms with E-state index < -0.39 is 12.2 Å². The van der Waals surface area contributed by atoms with Gasteiger partial charge in [0, 0.05) is 6.54 Å². The van der Waals surface area contributed by atoms with E-state index in [1.54, 1.807) is 0 Å². The number of hydrogen-bond acceptors (Lipinski definition) is 5. The monoisotopic (exact) mass is 534 g/mol. The lowest BCUT2D eigenvalue weighted by molar-refractivity contribution is 0.0595. The van der Waals surface area contributed by atoms with Crippen LogP contribution in [0.1, 0.15) is 68.9 Å². The van der Waals surface area contributed by atoms with Gasteiger partial charge in [0.25, 0.3) is 0 Å². The SMILES string of the molecule is NC(=NC(=O)OCc1ccccc1)N(CCCC1(C2CCCCC2)CCNCC1)C(=O)OCc1ccccc1. The first-order chi connectivity index (χ1) is 19.1. The zero-order valence-electron chi connectivity index (χ0n) is 22.9. The number of hydrogen-bond donors (Lipinski definition) is 2. The van der Waals surface area contributed by atoms with E-state index >= 15 is 0 Å².